The third-order valence-corrected chi connectivity index (χ3v) is 3.10. The summed E-state index contributed by atoms with van der Waals surface area (Å²) in [6.45, 7) is 6.29. The first-order valence-corrected chi connectivity index (χ1v) is 5.67. The lowest BCUT2D eigenvalue weighted by Gasteiger charge is -2.23. The van der Waals surface area contributed by atoms with Gasteiger partial charge in [0.15, 0.2) is 0 Å². The highest BCUT2D eigenvalue weighted by molar-refractivity contribution is 6.22. The van der Waals surface area contributed by atoms with Crippen molar-refractivity contribution in [3.63, 3.8) is 0 Å². The van der Waals surface area contributed by atoms with E-state index in [0.717, 1.165) is 5.57 Å². The smallest absolute Gasteiger partial charge is 0.323 e. The number of nitrogens with zero attached hydrogens (tertiary/aromatic N) is 1. The average Bonchev–Trinajstić information content (AvgIpc) is 2.58. The summed E-state index contributed by atoms with van der Waals surface area (Å²) in [6, 6.07) is -0.507. The highest BCUT2D eigenvalue weighted by atomic mass is 35.5. The van der Waals surface area contributed by atoms with Gasteiger partial charge in [-0.1, -0.05) is 6.58 Å². The fraction of sp³-hybridized carbons (Fsp3) is 0.727. The second kappa shape index (κ2) is 5.64. The minimum absolute atomic E-state index is 0.183. The molecule has 1 aliphatic heterocycles. The molecule has 0 saturated carbocycles. The van der Waals surface area contributed by atoms with E-state index in [9.17, 15) is 9.18 Å². The standard InChI is InChI=1S/C11H17ClFNO2/c1-7(8(2)12)5-14-6-9(13)4-10(14)11(15)16-3/h8-10H,1,4-6H2,2-3H3/t8?,9?,10-/m1/s1. The summed E-state index contributed by atoms with van der Waals surface area (Å²) in [4.78, 5) is 13.2. The first-order valence-electron chi connectivity index (χ1n) is 5.23. The number of alkyl halides is 2. The van der Waals surface area contributed by atoms with Crippen LogP contribution in [0.1, 0.15) is 13.3 Å². The quantitative estimate of drug-likeness (QED) is 0.432. The van der Waals surface area contributed by atoms with E-state index >= 15 is 0 Å². The topological polar surface area (TPSA) is 29.5 Å². The summed E-state index contributed by atoms with van der Waals surface area (Å²) in [6.07, 6.45) is -0.793. The van der Waals surface area contributed by atoms with Gasteiger partial charge in [-0.05, 0) is 12.5 Å². The predicted octanol–water partition coefficient (Wildman–Crippen LogP) is 1.76. The lowest BCUT2D eigenvalue weighted by atomic mass is 10.2. The Hall–Kier alpha value is -0.610. The molecule has 0 spiro atoms. The fourth-order valence-electron chi connectivity index (χ4n) is 1.79. The van der Waals surface area contributed by atoms with Gasteiger partial charge in [-0.15, -0.1) is 11.6 Å². The van der Waals surface area contributed by atoms with Gasteiger partial charge in [-0.3, -0.25) is 9.69 Å². The molecular formula is C11H17ClFNO2. The van der Waals surface area contributed by atoms with Gasteiger partial charge < -0.3 is 4.74 Å². The molecule has 0 N–H and O–H groups in total. The monoisotopic (exact) mass is 249 g/mol. The van der Waals surface area contributed by atoms with Crippen LogP contribution in [0, 0.1) is 0 Å². The zero-order valence-electron chi connectivity index (χ0n) is 9.58. The zero-order chi connectivity index (χ0) is 12.3. The van der Waals surface area contributed by atoms with Crippen molar-refractivity contribution >= 4 is 17.6 Å². The summed E-state index contributed by atoms with van der Waals surface area (Å²) in [7, 11) is 1.31. The Morgan fingerprint density at radius 2 is 2.38 bits per heavy atom. The molecular weight excluding hydrogens is 233 g/mol. The molecule has 0 aliphatic carbocycles. The third kappa shape index (κ3) is 3.19. The molecule has 1 saturated heterocycles. The van der Waals surface area contributed by atoms with Crippen molar-refractivity contribution in [2.24, 2.45) is 0 Å². The van der Waals surface area contributed by atoms with E-state index in [1.807, 2.05) is 0 Å². The van der Waals surface area contributed by atoms with Gasteiger partial charge in [0.2, 0.25) is 0 Å². The maximum Gasteiger partial charge on any atom is 0.323 e. The van der Waals surface area contributed by atoms with Crippen LogP contribution in [0.3, 0.4) is 0 Å². The van der Waals surface area contributed by atoms with Crippen LogP contribution in [0.5, 0.6) is 0 Å². The Labute approximate surface area is 100 Å². The minimum Gasteiger partial charge on any atom is -0.468 e. The highest BCUT2D eigenvalue weighted by Crippen LogP contribution is 2.23. The molecule has 0 amide bonds. The largest absolute Gasteiger partial charge is 0.468 e. The number of methoxy groups -OCH3 is 1. The van der Waals surface area contributed by atoms with Crippen molar-refractivity contribution in [3.8, 4) is 0 Å². The molecule has 0 aromatic rings. The molecule has 1 heterocycles. The SMILES string of the molecule is C=C(CN1CC(F)C[C@@H]1C(=O)OC)C(C)Cl. The molecule has 0 radical (unpaired) electrons. The van der Waals surface area contributed by atoms with E-state index in [2.05, 4.69) is 11.3 Å². The number of halogens is 2. The van der Waals surface area contributed by atoms with E-state index in [-0.39, 0.29) is 18.3 Å². The number of hydrogen-bond donors (Lipinski definition) is 0. The summed E-state index contributed by atoms with van der Waals surface area (Å²) < 4.78 is 17.9. The summed E-state index contributed by atoms with van der Waals surface area (Å²) in [5.41, 5.74) is 0.782. The minimum atomic E-state index is -0.984. The average molecular weight is 250 g/mol. The number of carbonyl (C=O) groups is 1. The molecule has 1 rings (SSSR count). The van der Waals surface area contributed by atoms with Crippen molar-refractivity contribution < 1.29 is 13.9 Å². The van der Waals surface area contributed by atoms with Gasteiger partial charge in [-0.2, -0.15) is 0 Å². The Balaban J connectivity index is 2.63. The first kappa shape index (κ1) is 13.5. The molecule has 16 heavy (non-hydrogen) atoms. The van der Waals surface area contributed by atoms with Crippen molar-refractivity contribution in [2.45, 2.75) is 30.9 Å². The summed E-state index contributed by atoms with van der Waals surface area (Å²) >= 11 is 5.87. The van der Waals surface area contributed by atoms with Crippen LogP contribution >= 0.6 is 11.6 Å². The Morgan fingerprint density at radius 1 is 1.75 bits per heavy atom. The molecule has 1 aliphatic rings. The number of carbonyl (C=O) groups excluding carboxylic acids is 1. The second-order valence-corrected chi connectivity index (χ2v) is 4.73. The number of rotatable bonds is 4. The van der Waals surface area contributed by atoms with Gasteiger partial charge in [0, 0.05) is 19.5 Å². The van der Waals surface area contributed by atoms with Crippen LogP contribution in [0.15, 0.2) is 12.2 Å². The van der Waals surface area contributed by atoms with Crippen molar-refractivity contribution in [1.29, 1.82) is 0 Å². The van der Waals surface area contributed by atoms with E-state index in [4.69, 9.17) is 11.6 Å². The Kier molecular flexibility index (Phi) is 4.74. The van der Waals surface area contributed by atoms with Gasteiger partial charge >= 0.3 is 5.97 Å². The number of hydrogen-bond acceptors (Lipinski definition) is 3. The fourth-order valence-corrected chi connectivity index (χ4v) is 1.86. The third-order valence-electron chi connectivity index (χ3n) is 2.79. The number of esters is 1. The second-order valence-electron chi connectivity index (χ2n) is 4.08. The molecule has 1 fully saturated rings. The summed E-state index contributed by atoms with van der Waals surface area (Å²) in [5.74, 6) is -0.393. The number of likely N-dealkylation sites (tertiary alicyclic amines) is 1. The maximum atomic E-state index is 13.3. The van der Waals surface area contributed by atoms with Crippen molar-refractivity contribution in [3.05, 3.63) is 12.2 Å². The predicted molar refractivity (Wildman–Crippen MR) is 61.3 cm³/mol. The van der Waals surface area contributed by atoms with Crippen molar-refractivity contribution in [1.82, 2.24) is 4.90 Å². The normalized spacial score (nSPS) is 27.8. The van der Waals surface area contributed by atoms with E-state index in [1.165, 1.54) is 7.11 Å². The molecule has 3 atom stereocenters. The Morgan fingerprint density at radius 3 is 2.88 bits per heavy atom. The van der Waals surface area contributed by atoms with Crippen LogP contribution < -0.4 is 0 Å². The molecule has 2 unspecified atom stereocenters. The van der Waals surface area contributed by atoms with E-state index in [1.54, 1.807) is 11.8 Å². The van der Waals surface area contributed by atoms with Crippen LogP contribution in [0.2, 0.25) is 0 Å². The molecule has 3 nitrogen and oxygen atoms in total. The van der Waals surface area contributed by atoms with Gasteiger partial charge in [0.1, 0.15) is 12.2 Å². The van der Waals surface area contributed by atoms with Crippen LogP contribution in [-0.4, -0.2) is 48.7 Å². The van der Waals surface area contributed by atoms with Gasteiger partial charge in [0.25, 0.3) is 0 Å². The molecule has 92 valence electrons. The zero-order valence-corrected chi connectivity index (χ0v) is 10.3. The Bertz CT molecular complexity index is 283. The van der Waals surface area contributed by atoms with Crippen LogP contribution in [-0.2, 0) is 9.53 Å². The molecule has 0 aromatic carbocycles. The van der Waals surface area contributed by atoms with Crippen molar-refractivity contribution in [2.75, 3.05) is 20.2 Å². The molecule has 5 heteroatoms. The summed E-state index contributed by atoms with van der Waals surface area (Å²) in [5, 5.41) is -0.183. The number of ether oxygens (including phenoxy) is 1. The lowest BCUT2D eigenvalue weighted by Crippen LogP contribution is -2.38. The highest BCUT2D eigenvalue weighted by Gasteiger charge is 2.37. The van der Waals surface area contributed by atoms with E-state index in [0.29, 0.717) is 6.54 Å². The lowest BCUT2D eigenvalue weighted by molar-refractivity contribution is -0.145. The van der Waals surface area contributed by atoms with Crippen LogP contribution in [0.4, 0.5) is 4.39 Å². The molecule has 0 aromatic heterocycles. The first-order chi connectivity index (χ1) is 7.45. The van der Waals surface area contributed by atoms with E-state index < -0.39 is 18.2 Å². The van der Waals surface area contributed by atoms with Gasteiger partial charge in [-0.25, -0.2) is 4.39 Å². The molecule has 0 bridgehead atoms. The van der Waals surface area contributed by atoms with Gasteiger partial charge in [0.05, 0.1) is 12.5 Å². The maximum absolute atomic E-state index is 13.3. The van der Waals surface area contributed by atoms with Crippen LogP contribution in [0.25, 0.3) is 0 Å².